The first-order chi connectivity index (χ1) is 8.02. The van der Waals surface area contributed by atoms with E-state index in [1.54, 1.807) is 0 Å². The van der Waals surface area contributed by atoms with Gasteiger partial charge in [-0.05, 0) is 18.2 Å². The van der Waals surface area contributed by atoms with E-state index in [0.29, 0.717) is 0 Å². The van der Waals surface area contributed by atoms with Crippen molar-refractivity contribution in [3.63, 3.8) is 0 Å². The summed E-state index contributed by atoms with van der Waals surface area (Å²) >= 11 is 0. The number of phenolic OH excluding ortho intramolecular Hbond substituents is 1. The number of aromatic hydroxyl groups is 1. The van der Waals surface area contributed by atoms with E-state index in [9.17, 15) is 25.3 Å². The first-order valence-electron chi connectivity index (χ1n) is 4.56. The van der Waals surface area contributed by atoms with Crippen LogP contribution >= 0.6 is 0 Å². The second-order valence-electron chi connectivity index (χ2n) is 3.32. The Hall–Kier alpha value is -2.70. The minimum absolute atomic E-state index is 0.0456. The summed E-state index contributed by atoms with van der Waals surface area (Å²) in [5.41, 5.74) is -0.753. The molecule has 0 saturated carbocycles. The number of nitrogens with zero attached hydrogens (tertiary/aromatic N) is 2. The van der Waals surface area contributed by atoms with E-state index < -0.39 is 21.3 Å². The van der Waals surface area contributed by atoms with E-state index in [0.717, 1.165) is 6.07 Å². The molecule has 0 fully saturated rings. The summed E-state index contributed by atoms with van der Waals surface area (Å²) in [5.74, 6) is -0.511. The van der Waals surface area contributed by atoms with Gasteiger partial charge >= 0.3 is 5.69 Å². The standard InChI is InChI=1S/C10H6N2O5/c13-9-5-4-6-7(10(9)12(16)17)2-1-3-8(6)11(14)15/h1-5,13H. The molecule has 0 heterocycles. The number of fused-ring (bicyclic) bond motifs is 1. The van der Waals surface area contributed by atoms with Crippen LogP contribution in [0, 0.1) is 20.2 Å². The van der Waals surface area contributed by atoms with Gasteiger partial charge in [-0.2, -0.15) is 0 Å². The quantitative estimate of drug-likeness (QED) is 0.633. The first-order valence-corrected chi connectivity index (χ1v) is 4.56. The van der Waals surface area contributed by atoms with Gasteiger partial charge in [0.15, 0.2) is 5.75 Å². The van der Waals surface area contributed by atoms with Crippen LogP contribution in [0.25, 0.3) is 10.8 Å². The second-order valence-corrected chi connectivity index (χ2v) is 3.32. The van der Waals surface area contributed by atoms with Crippen molar-refractivity contribution in [3.8, 4) is 5.75 Å². The molecule has 0 saturated heterocycles. The van der Waals surface area contributed by atoms with Gasteiger partial charge in [-0.15, -0.1) is 0 Å². The third-order valence-electron chi connectivity index (χ3n) is 2.37. The van der Waals surface area contributed by atoms with Crippen LogP contribution in [0.5, 0.6) is 5.75 Å². The van der Waals surface area contributed by atoms with Crippen LogP contribution in [0.4, 0.5) is 11.4 Å². The predicted octanol–water partition coefficient (Wildman–Crippen LogP) is 2.36. The average molecular weight is 234 g/mol. The molecule has 17 heavy (non-hydrogen) atoms. The molecule has 0 atom stereocenters. The van der Waals surface area contributed by atoms with Gasteiger partial charge in [-0.25, -0.2) is 0 Å². The summed E-state index contributed by atoms with van der Waals surface area (Å²) in [6.45, 7) is 0. The molecule has 0 amide bonds. The normalized spacial score (nSPS) is 10.4. The van der Waals surface area contributed by atoms with Gasteiger partial charge in [0.2, 0.25) is 0 Å². The van der Waals surface area contributed by atoms with Crippen LogP contribution in [0.2, 0.25) is 0 Å². The molecule has 0 unspecified atom stereocenters. The Bertz CT molecular complexity index is 638. The Kier molecular flexibility index (Phi) is 2.36. The number of non-ortho nitro benzene ring substituents is 1. The highest BCUT2D eigenvalue weighted by atomic mass is 16.6. The van der Waals surface area contributed by atoms with Gasteiger partial charge in [-0.3, -0.25) is 20.2 Å². The summed E-state index contributed by atoms with van der Waals surface area (Å²) in [5, 5.41) is 31.1. The van der Waals surface area contributed by atoms with E-state index in [4.69, 9.17) is 0 Å². The summed E-state index contributed by atoms with van der Waals surface area (Å²) in [6, 6.07) is 6.32. The third kappa shape index (κ3) is 1.63. The fraction of sp³-hybridized carbons (Fsp3) is 0. The number of hydrogen-bond acceptors (Lipinski definition) is 5. The van der Waals surface area contributed by atoms with Crippen LogP contribution in [0.15, 0.2) is 30.3 Å². The maximum atomic E-state index is 10.8. The number of hydrogen-bond donors (Lipinski definition) is 1. The zero-order chi connectivity index (χ0) is 12.6. The van der Waals surface area contributed by atoms with Gasteiger partial charge in [0, 0.05) is 6.07 Å². The second kappa shape index (κ2) is 3.71. The maximum Gasteiger partial charge on any atom is 0.318 e. The highest BCUT2D eigenvalue weighted by molar-refractivity contribution is 5.98. The molecule has 2 rings (SSSR count). The molecule has 0 bridgehead atoms. The Balaban J connectivity index is 2.93. The van der Waals surface area contributed by atoms with Crippen LogP contribution in [0.1, 0.15) is 0 Å². The Morgan fingerprint density at radius 3 is 2.24 bits per heavy atom. The summed E-state index contributed by atoms with van der Waals surface area (Å²) < 4.78 is 0. The molecule has 0 aromatic heterocycles. The van der Waals surface area contributed by atoms with E-state index in [-0.39, 0.29) is 16.5 Å². The highest BCUT2D eigenvalue weighted by Gasteiger charge is 2.22. The molecule has 0 spiro atoms. The molecule has 7 heteroatoms. The number of nitro groups is 2. The molecule has 7 nitrogen and oxygen atoms in total. The zero-order valence-electron chi connectivity index (χ0n) is 8.36. The lowest BCUT2D eigenvalue weighted by Gasteiger charge is -2.02. The van der Waals surface area contributed by atoms with Crippen molar-refractivity contribution in [2.24, 2.45) is 0 Å². The first kappa shape index (κ1) is 10.8. The van der Waals surface area contributed by atoms with Crippen LogP contribution in [-0.2, 0) is 0 Å². The number of nitro benzene ring substituents is 2. The Morgan fingerprint density at radius 2 is 1.65 bits per heavy atom. The summed E-state index contributed by atoms with van der Waals surface area (Å²) in [4.78, 5) is 20.2. The fourth-order valence-electron chi connectivity index (χ4n) is 1.66. The molecule has 1 N–H and O–H groups in total. The molecule has 0 radical (unpaired) electrons. The van der Waals surface area contributed by atoms with Crippen molar-refractivity contribution in [1.29, 1.82) is 0 Å². The van der Waals surface area contributed by atoms with Crippen LogP contribution < -0.4 is 0 Å². The molecule has 0 aliphatic carbocycles. The van der Waals surface area contributed by atoms with Crippen molar-refractivity contribution in [2.75, 3.05) is 0 Å². The number of rotatable bonds is 2. The van der Waals surface area contributed by atoms with E-state index in [1.165, 1.54) is 24.3 Å². The molecule has 0 aliphatic heterocycles. The topological polar surface area (TPSA) is 107 Å². The van der Waals surface area contributed by atoms with Gasteiger partial charge in [0.05, 0.1) is 20.6 Å². The lowest BCUT2D eigenvalue weighted by molar-refractivity contribution is -0.385. The van der Waals surface area contributed by atoms with Gasteiger partial charge in [0.25, 0.3) is 5.69 Å². The highest BCUT2D eigenvalue weighted by Crippen LogP contribution is 2.37. The minimum atomic E-state index is -0.763. The van der Waals surface area contributed by atoms with Gasteiger partial charge in [0.1, 0.15) is 0 Å². The maximum absolute atomic E-state index is 10.8. The SMILES string of the molecule is O=[N+]([O-])c1cccc2c([N+](=O)[O-])c(O)ccc12. The van der Waals surface area contributed by atoms with Crippen molar-refractivity contribution in [2.45, 2.75) is 0 Å². The van der Waals surface area contributed by atoms with Gasteiger partial charge < -0.3 is 5.11 Å². The van der Waals surface area contributed by atoms with Crippen molar-refractivity contribution >= 4 is 22.1 Å². The largest absolute Gasteiger partial charge is 0.502 e. The van der Waals surface area contributed by atoms with Crippen LogP contribution in [-0.4, -0.2) is 15.0 Å². The van der Waals surface area contributed by atoms with Crippen LogP contribution in [0.3, 0.4) is 0 Å². The lowest BCUT2D eigenvalue weighted by Crippen LogP contribution is -1.93. The summed E-state index contributed by atoms with van der Waals surface area (Å²) in [6.07, 6.45) is 0. The fourth-order valence-corrected chi connectivity index (χ4v) is 1.66. The van der Waals surface area contributed by atoms with E-state index in [1.807, 2.05) is 0 Å². The molecule has 2 aromatic carbocycles. The Labute approximate surface area is 94.2 Å². The average Bonchev–Trinajstić information content (AvgIpc) is 2.26. The van der Waals surface area contributed by atoms with Crippen molar-refractivity contribution < 1.29 is 15.0 Å². The van der Waals surface area contributed by atoms with Crippen molar-refractivity contribution in [1.82, 2.24) is 0 Å². The van der Waals surface area contributed by atoms with E-state index >= 15 is 0 Å². The molecule has 86 valence electrons. The lowest BCUT2D eigenvalue weighted by atomic mass is 10.1. The monoisotopic (exact) mass is 234 g/mol. The number of benzene rings is 2. The third-order valence-corrected chi connectivity index (χ3v) is 2.37. The minimum Gasteiger partial charge on any atom is -0.502 e. The van der Waals surface area contributed by atoms with E-state index in [2.05, 4.69) is 0 Å². The molecule has 2 aromatic rings. The summed E-state index contributed by atoms with van der Waals surface area (Å²) in [7, 11) is 0. The van der Waals surface area contributed by atoms with Crippen molar-refractivity contribution in [3.05, 3.63) is 50.6 Å². The zero-order valence-corrected chi connectivity index (χ0v) is 8.36. The predicted molar refractivity (Wildman–Crippen MR) is 58.9 cm³/mol. The number of phenols is 1. The molecular formula is C10H6N2O5. The molecular weight excluding hydrogens is 228 g/mol. The van der Waals surface area contributed by atoms with Gasteiger partial charge in [-0.1, -0.05) is 6.07 Å². The smallest absolute Gasteiger partial charge is 0.318 e. The Morgan fingerprint density at radius 1 is 0.941 bits per heavy atom. The molecule has 0 aliphatic rings.